The summed E-state index contributed by atoms with van der Waals surface area (Å²) < 4.78 is 61.5. The summed E-state index contributed by atoms with van der Waals surface area (Å²) in [7, 11) is 0. The highest BCUT2D eigenvalue weighted by molar-refractivity contribution is 5.54. The van der Waals surface area contributed by atoms with Crippen LogP contribution in [-0.4, -0.2) is 60.4 Å². The van der Waals surface area contributed by atoms with E-state index in [1.54, 1.807) is 0 Å². The molecule has 3 aromatic carbocycles. The number of hydrogen-bond acceptors (Lipinski definition) is 6. The molecule has 0 radical (unpaired) electrons. The molecule has 5 atom stereocenters. The molecule has 4 aromatic rings. The summed E-state index contributed by atoms with van der Waals surface area (Å²) in [6, 6.07) is 31.3. The van der Waals surface area contributed by atoms with Crippen LogP contribution in [0.3, 0.4) is 0 Å². The third kappa shape index (κ3) is 8.59. The molecule has 248 valence electrons. The van der Waals surface area contributed by atoms with Gasteiger partial charge in [-0.2, -0.15) is 13.2 Å². The van der Waals surface area contributed by atoms with Gasteiger partial charge in [0, 0.05) is 38.4 Å². The third-order valence-electron chi connectivity index (χ3n) is 9.26. The summed E-state index contributed by atoms with van der Waals surface area (Å²) in [6.45, 7) is 5.86. The normalized spacial score (nSPS) is 23.7. The van der Waals surface area contributed by atoms with Crippen LogP contribution >= 0.6 is 0 Å². The summed E-state index contributed by atoms with van der Waals surface area (Å²) in [5.41, 5.74) is 2.73. The molecule has 0 bridgehead atoms. The predicted molar refractivity (Wildman–Crippen MR) is 176 cm³/mol. The van der Waals surface area contributed by atoms with Gasteiger partial charge in [-0.1, -0.05) is 91.0 Å². The van der Waals surface area contributed by atoms with Crippen LogP contribution in [0.25, 0.3) is 0 Å². The highest BCUT2D eigenvalue weighted by Gasteiger charge is 2.45. The van der Waals surface area contributed by atoms with Crippen molar-refractivity contribution in [3.8, 4) is 0 Å². The maximum absolute atomic E-state index is 13.8. The van der Waals surface area contributed by atoms with E-state index in [4.69, 9.17) is 14.2 Å². The number of pyridine rings is 1. The molecule has 3 heterocycles. The van der Waals surface area contributed by atoms with Gasteiger partial charge in [-0.3, -0.25) is 9.88 Å². The first-order chi connectivity index (χ1) is 22.8. The smallest absolute Gasteiger partial charge is 0.369 e. The second-order valence-corrected chi connectivity index (χ2v) is 12.5. The van der Waals surface area contributed by atoms with Crippen molar-refractivity contribution < 1.29 is 27.4 Å². The minimum Gasteiger partial charge on any atom is -0.369 e. The molecule has 9 heteroatoms. The van der Waals surface area contributed by atoms with Crippen molar-refractivity contribution in [2.24, 2.45) is 5.92 Å². The van der Waals surface area contributed by atoms with E-state index in [0.717, 1.165) is 29.2 Å². The summed E-state index contributed by atoms with van der Waals surface area (Å²) >= 11 is 0. The van der Waals surface area contributed by atoms with Crippen LogP contribution in [0.2, 0.25) is 0 Å². The van der Waals surface area contributed by atoms with Crippen LogP contribution in [0.5, 0.6) is 0 Å². The highest BCUT2D eigenvalue weighted by atomic mass is 19.4. The van der Waals surface area contributed by atoms with E-state index in [0.29, 0.717) is 46.0 Å². The second kappa shape index (κ2) is 15.4. The maximum atomic E-state index is 13.8. The van der Waals surface area contributed by atoms with Crippen LogP contribution in [0.4, 0.5) is 18.9 Å². The number of likely N-dealkylation sites (tertiary alicyclic amines) is 1. The van der Waals surface area contributed by atoms with Crippen molar-refractivity contribution >= 4 is 5.69 Å². The highest BCUT2D eigenvalue weighted by Crippen LogP contribution is 2.38. The summed E-state index contributed by atoms with van der Waals surface area (Å²) in [6.07, 6.45) is -2.03. The lowest BCUT2D eigenvalue weighted by Gasteiger charge is -2.48. The minimum atomic E-state index is -4.43. The lowest BCUT2D eigenvalue weighted by atomic mass is 9.92. The van der Waals surface area contributed by atoms with Gasteiger partial charge in [-0.15, -0.1) is 0 Å². The average Bonchev–Trinajstić information content (AvgIpc) is 3.56. The number of rotatable bonds is 12. The fourth-order valence-corrected chi connectivity index (χ4v) is 6.74. The Bertz CT molecular complexity index is 1530. The van der Waals surface area contributed by atoms with Crippen LogP contribution in [0, 0.1) is 5.92 Å². The molecule has 47 heavy (non-hydrogen) atoms. The van der Waals surface area contributed by atoms with E-state index >= 15 is 0 Å². The van der Waals surface area contributed by atoms with Crippen LogP contribution in [-0.2, 0) is 40.2 Å². The van der Waals surface area contributed by atoms with Gasteiger partial charge in [-0.05, 0) is 42.0 Å². The Labute approximate surface area is 275 Å². The standard InChI is InChI=1S/C38H42F3N3O3/c1-28-36(46-26-30-13-7-3-8-14-30)37(47-27-31-15-9-4-10-16-31)35(45-25-29-11-5-2-6-12-29)24-44(28)23-32-18-20-43(22-32)34-21-42-19-17-33(34)38(39,40)41/h2-17,19,21,28,32,35-37H,18,20,22-27H2,1H3/t28-,32?,35+,36-,37-/m1/s1. The van der Waals surface area contributed by atoms with Crippen molar-refractivity contribution in [1.29, 1.82) is 0 Å². The molecule has 0 spiro atoms. The Hall–Kier alpha value is -3.76. The van der Waals surface area contributed by atoms with Crippen LogP contribution < -0.4 is 4.90 Å². The summed E-state index contributed by atoms with van der Waals surface area (Å²) in [5, 5.41) is 0. The van der Waals surface area contributed by atoms with Crippen LogP contribution in [0.15, 0.2) is 109 Å². The van der Waals surface area contributed by atoms with Gasteiger partial charge in [0.2, 0.25) is 0 Å². The predicted octanol–water partition coefficient (Wildman–Crippen LogP) is 7.39. The van der Waals surface area contributed by atoms with E-state index in [9.17, 15) is 13.2 Å². The Morgan fingerprint density at radius 3 is 1.85 bits per heavy atom. The number of nitrogens with zero attached hydrogens (tertiary/aromatic N) is 3. The molecule has 2 aliphatic rings. The lowest BCUT2D eigenvalue weighted by Crippen LogP contribution is -2.63. The van der Waals surface area contributed by atoms with Gasteiger partial charge in [-0.25, -0.2) is 0 Å². The second-order valence-electron chi connectivity index (χ2n) is 12.5. The number of alkyl halides is 3. The number of halogens is 3. The molecular weight excluding hydrogens is 603 g/mol. The van der Waals surface area contributed by atoms with Gasteiger partial charge in [0.15, 0.2) is 0 Å². The monoisotopic (exact) mass is 645 g/mol. The topological polar surface area (TPSA) is 47.1 Å². The van der Waals surface area contributed by atoms with E-state index in [2.05, 4.69) is 41.1 Å². The van der Waals surface area contributed by atoms with E-state index < -0.39 is 11.7 Å². The molecule has 0 N–H and O–H groups in total. The lowest BCUT2D eigenvalue weighted by molar-refractivity contribution is -0.201. The third-order valence-corrected chi connectivity index (χ3v) is 9.26. The van der Waals surface area contributed by atoms with Crippen molar-refractivity contribution in [3.05, 3.63) is 132 Å². The molecule has 0 saturated carbocycles. The maximum Gasteiger partial charge on any atom is 0.418 e. The number of benzene rings is 3. The quantitative estimate of drug-likeness (QED) is 0.160. The first-order valence-electron chi connectivity index (χ1n) is 16.3. The molecule has 2 saturated heterocycles. The van der Waals surface area contributed by atoms with Gasteiger partial charge < -0.3 is 19.1 Å². The summed E-state index contributed by atoms with van der Waals surface area (Å²) in [5.74, 6) is 0.171. The Morgan fingerprint density at radius 2 is 1.28 bits per heavy atom. The Balaban J connectivity index is 1.22. The zero-order valence-electron chi connectivity index (χ0n) is 26.6. The zero-order chi connectivity index (χ0) is 32.6. The van der Waals surface area contributed by atoms with Gasteiger partial charge >= 0.3 is 6.18 Å². The van der Waals surface area contributed by atoms with Crippen molar-refractivity contribution in [3.63, 3.8) is 0 Å². The molecule has 0 amide bonds. The fraction of sp³-hybridized carbons (Fsp3) is 0.395. The molecule has 1 unspecified atom stereocenters. The summed E-state index contributed by atoms with van der Waals surface area (Å²) in [4.78, 5) is 8.23. The number of piperidine rings is 1. The number of aromatic nitrogens is 1. The first-order valence-corrected chi connectivity index (χ1v) is 16.3. The van der Waals surface area contributed by atoms with Crippen LogP contribution in [0.1, 0.15) is 35.6 Å². The van der Waals surface area contributed by atoms with Crippen molar-refractivity contribution in [1.82, 2.24) is 9.88 Å². The SMILES string of the molecule is C[C@@H]1[C@@H](OCc2ccccc2)[C@H](OCc2ccccc2)[C@@H](OCc2ccccc2)CN1CC1CCN(c2cnccc2C(F)(F)F)C1. The van der Waals surface area contributed by atoms with Gasteiger partial charge in [0.05, 0.1) is 43.4 Å². The largest absolute Gasteiger partial charge is 0.418 e. The van der Waals surface area contributed by atoms with E-state index in [-0.39, 0.29) is 36.0 Å². The average molecular weight is 646 g/mol. The van der Waals surface area contributed by atoms with Gasteiger partial charge in [0.1, 0.15) is 12.2 Å². The zero-order valence-corrected chi connectivity index (χ0v) is 26.6. The molecule has 6 nitrogen and oxygen atoms in total. The first kappa shape index (κ1) is 33.2. The molecule has 2 aliphatic heterocycles. The molecule has 1 aromatic heterocycles. The number of hydrogen-bond donors (Lipinski definition) is 0. The Kier molecular flexibility index (Phi) is 10.9. The van der Waals surface area contributed by atoms with Crippen molar-refractivity contribution in [2.45, 2.75) is 63.7 Å². The van der Waals surface area contributed by atoms with E-state index in [1.807, 2.05) is 71.6 Å². The minimum absolute atomic E-state index is 0.0192. The fourth-order valence-electron chi connectivity index (χ4n) is 6.74. The molecule has 6 rings (SSSR count). The molecule has 0 aliphatic carbocycles. The number of anilines is 1. The van der Waals surface area contributed by atoms with Gasteiger partial charge in [0.25, 0.3) is 0 Å². The van der Waals surface area contributed by atoms with E-state index in [1.165, 1.54) is 12.4 Å². The Morgan fingerprint density at radius 1 is 0.723 bits per heavy atom. The van der Waals surface area contributed by atoms with Crippen molar-refractivity contribution in [2.75, 3.05) is 31.1 Å². The molecule has 2 fully saturated rings. The molecular formula is C38H42F3N3O3. The number of ether oxygens (including phenoxy) is 3.